The van der Waals surface area contributed by atoms with Crippen molar-refractivity contribution in [1.29, 1.82) is 0 Å². The smallest absolute Gasteiger partial charge is 0.293 e. The van der Waals surface area contributed by atoms with E-state index in [-0.39, 0.29) is 17.3 Å². The fourth-order valence-electron chi connectivity index (χ4n) is 2.56. The summed E-state index contributed by atoms with van der Waals surface area (Å²) in [4.78, 5) is 28.6. The molecular formula is C17H16N4O3S. The molecule has 1 aromatic heterocycles. The molecule has 0 unspecified atom stereocenters. The lowest BCUT2D eigenvalue weighted by molar-refractivity contribution is -0.384. The van der Waals surface area contributed by atoms with E-state index in [4.69, 9.17) is 5.73 Å². The third-order valence-corrected chi connectivity index (χ3v) is 5.29. The highest BCUT2D eigenvalue weighted by atomic mass is 32.1. The van der Waals surface area contributed by atoms with Gasteiger partial charge in [-0.05, 0) is 31.2 Å². The SMILES string of the molecule is C[C@@H](c1nc2ccccc2s1)N(C)c1ccc(C(N)=O)cc1[N+](=O)[O-]. The van der Waals surface area contributed by atoms with Crippen LogP contribution in [0.4, 0.5) is 11.4 Å². The van der Waals surface area contributed by atoms with Crippen LogP contribution in [0, 0.1) is 10.1 Å². The van der Waals surface area contributed by atoms with Crippen molar-refractivity contribution >= 4 is 38.8 Å². The number of carbonyl (C=O) groups is 1. The number of thiazole rings is 1. The minimum atomic E-state index is -0.698. The van der Waals surface area contributed by atoms with E-state index in [9.17, 15) is 14.9 Å². The highest BCUT2D eigenvalue weighted by Gasteiger charge is 2.24. The Kier molecular flexibility index (Phi) is 4.37. The van der Waals surface area contributed by atoms with E-state index in [0.29, 0.717) is 5.69 Å². The second kappa shape index (κ2) is 6.48. The summed E-state index contributed by atoms with van der Waals surface area (Å²) >= 11 is 1.55. The number of benzene rings is 2. The molecule has 0 saturated heterocycles. The largest absolute Gasteiger partial charge is 0.366 e. The first-order valence-corrected chi connectivity index (χ1v) is 8.36. The molecule has 25 heavy (non-hydrogen) atoms. The number of nitrogens with two attached hydrogens (primary N) is 1. The maximum absolute atomic E-state index is 11.4. The lowest BCUT2D eigenvalue weighted by Gasteiger charge is -2.25. The lowest BCUT2D eigenvalue weighted by Crippen LogP contribution is -2.23. The van der Waals surface area contributed by atoms with Crippen LogP contribution in [0.1, 0.15) is 28.3 Å². The molecule has 0 bridgehead atoms. The summed E-state index contributed by atoms with van der Waals surface area (Å²) in [6, 6.07) is 11.9. The first kappa shape index (κ1) is 16.8. The number of carbonyl (C=O) groups excluding carboxylic acids is 1. The van der Waals surface area contributed by atoms with Crippen molar-refractivity contribution in [2.24, 2.45) is 5.73 Å². The van der Waals surface area contributed by atoms with Gasteiger partial charge in [-0.3, -0.25) is 14.9 Å². The van der Waals surface area contributed by atoms with E-state index < -0.39 is 10.8 Å². The lowest BCUT2D eigenvalue weighted by atomic mass is 10.1. The summed E-state index contributed by atoms with van der Waals surface area (Å²) in [6.45, 7) is 1.93. The Bertz CT molecular complexity index is 936. The summed E-state index contributed by atoms with van der Waals surface area (Å²) in [5, 5.41) is 12.3. The van der Waals surface area contributed by atoms with Gasteiger partial charge in [0.15, 0.2) is 0 Å². The van der Waals surface area contributed by atoms with Crippen molar-refractivity contribution in [3.8, 4) is 0 Å². The summed E-state index contributed by atoms with van der Waals surface area (Å²) < 4.78 is 1.07. The predicted molar refractivity (Wildman–Crippen MR) is 98.1 cm³/mol. The molecule has 2 aromatic carbocycles. The molecule has 0 aliphatic carbocycles. The number of primary amides is 1. The summed E-state index contributed by atoms with van der Waals surface area (Å²) in [6.07, 6.45) is 0. The number of nitro groups is 1. The minimum Gasteiger partial charge on any atom is -0.366 e. The molecule has 0 fully saturated rings. The summed E-state index contributed by atoms with van der Waals surface area (Å²) in [5.74, 6) is -0.698. The van der Waals surface area contributed by atoms with Crippen molar-refractivity contribution < 1.29 is 9.72 Å². The van der Waals surface area contributed by atoms with Gasteiger partial charge in [0.05, 0.1) is 21.2 Å². The van der Waals surface area contributed by atoms with E-state index >= 15 is 0 Å². The zero-order valence-electron chi connectivity index (χ0n) is 13.7. The Labute approximate surface area is 147 Å². The van der Waals surface area contributed by atoms with E-state index in [1.165, 1.54) is 12.1 Å². The molecule has 8 heteroatoms. The van der Waals surface area contributed by atoms with Crippen molar-refractivity contribution in [3.63, 3.8) is 0 Å². The van der Waals surface area contributed by atoms with Gasteiger partial charge in [0.1, 0.15) is 10.7 Å². The van der Waals surface area contributed by atoms with Gasteiger partial charge in [0.2, 0.25) is 5.91 Å². The van der Waals surface area contributed by atoms with Crippen LogP contribution < -0.4 is 10.6 Å². The van der Waals surface area contributed by atoms with Crippen molar-refractivity contribution in [1.82, 2.24) is 4.98 Å². The molecule has 1 heterocycles. The molecule has 0 saturated carbocycles. The van der Waals surface area contributed by atoms with Crippen LogP contribution in [0.2, 0.25) is 0 Å². The van der Waals surface area contributed by atoms with Crippen LogP contribution in [-0.4, -0.2) is 22.9 Å². The predicted octanol–water partition coefficient (Wildman–Crippen LogP) is 3.50. The van der Waals surface area contributed by atoms with Crippen LogP contribution in [0.5, 0.6) is 0 Å². The second-order valence-electron chi connectivity index (χ2n) is 5.63. The Balaban J connectivity index is 2.00. The zero-order chi connectivity index (χ0) is 18.1. The van der Waals surface area contributed by atoms with Crippen molar-refractivity contribution in [3.05, 3.63) is 63.1 Å². The fourth-order valence-corrected chi connectivity index (χ4v) is 3.63. The number of rotatable bonds is 5. The van der Waals surface area contributed by atoms with E-state index in [0.717, 1.165) is 15.2 Å². The fraction of sp³-hybridized carbons (Fsp3) is 0.176. The first-order chi connectivity index (χ1) is 11.9. The van der Waals surface area contributed by atoms with E-state index in [2.05, 4.69) is 4.98 Å². The number of aromatic nitrogens is 1. The molecule has 3 aromatic rings. The van der Waals surface area contributed by atoms with Gasteiger partial charge in [-0.25, -0.2) is 4.98 Å². The Morgan fingerprint density at radius 1 is 1.32 bits per heavy atom. The third kappa shape index (κ3) is 3.16. The monoisotopic (exact) mass is 356 g/mol. The molecule has 1 amide bonds. The van der Waals surface area contributed by atoms with Crippen LogP contribution in [-0.2, 0) is 0 Å². The topological polar surface area (TPSA) is 102 Å². The zero-order valence-corrected chi connectivity index (χ0v) is 14.5. The molecule has 0 radical (unpaired) electrons. The Morgan fingerprint density at radius 3 is 2.68 bits per heavy atom. The van der Waals surface area contributed by atoms with Gasteiger partial charge < -0.3 is 10.6 Å². The second-order valence-corrected chi connectivity index (χ2v) is 6.69. The maximum Gasteiger partial charge on any atom is 0.293 e. The number of nitro benzene ring substituents is 1. The molecular weight excluding hydrogens is 340 g/mol. The number of hydrogen-bond donors (Lipinski definition) is 1. The van der Waals surface area contributed by atoms with Crippen LogP contribution in [0.25, 0.3) is 10.2 Å². The van der Waals surface area contributed by atoms with Crippen molar-refractivity contribution in [2.75, 3.05) is 11.9 Å². The molecule has 0 spiro atoms. The van der Waals surface area contributed by atoms with Crippen LogP contribution in [0.3, 0.4) is 0 Å². The average Bonchev–Trinajstić information content (AvgIpc) is 3.03. The average molecular weight is 356 g/mol. The number of para-hydroxylation sites is 1. The number of fused-ring (bicyclic) bond motifs is 1. The quantitative estimate of drug-likeness (QED) is 0.557. The molecule has 7 nitrogen and oxygen atoms in total. The Hall–Kier alpha value is -3.00. The molecule has 128 valence electrons. The number of hydrogen-bond acceptors (Lipinski definition) is 6. The first-order valence-electron chi connectivity index (χ1n) is 7.55. The van der Waals surface area contributed by atoms with E-state index in [1.54, 1.807) is 29.4 Å². The standard InChI is InChI=1S/C17H16N4O3S/c1-10(17-19-12-5-3-4-6-15(12)25-17)20(2)13-8-7-11(16(18)22)9-14(13)21(23)24/h3-10H,1-2H3,(H2,18,22)/t10-/m0/s1. The van der Waals surface area contributed by atoms with Gasteiger partial charge in [-0.15, -0.1) is 11.3 Å². The molecule has 0 aliphatic heterocycles. The van der Waals surface area contributed by atoms with Gasteiger partial charge in [-0.1, -0.05) is 12.1 Å². The van der Waals surface area contributed by atoms with Gasteiger partial charge >= 0.3 is 0 Å². The summed E-state index contributed by atoms with van der Waals surface area (Å²) in [5.41, 5.74) is 6.48. The van der Waals surface area contributed by atoms with Gasteiger partial charge in [0.25, 0.3) is 5.69 Å². The number of anilines is 1. The van der Waals surface area contributed by atoms with Crippen molar-refractivity contribution in [2.45, 2.75) is 13.0 Å². The third-order valence-electron chi connectivity index (χ3n) is 4.09. The summed E-state index contributed by atoms with van der Waals surface area (Å²) in [7, 11) is 1.77. The van der Waals surface area contributed by atoms with E-state index in [1.807, 2.05) is 31.2 Å². The highest BCUT2D eigenvalue weighted by Crippen LogP contribution is 2.36. The minimum absolute atomic E-state index is 0.108. The van der Waals surface area contributed by atoms with Crippen LogP contribution >= 0.6 is 11.3 Å². The number of nitrogens with zero attached hydrogens (tertiary/aromatic N) is 3. The van der Waals surface area contributed by atoms with Crippen LogP contribution in [0.15, 0.2) is 42.5 Å². The molecule has 1 atom stereocenters. The molecule has 3 rings (SSSR count). The molecule has 2 N–H and O–H groups in total. The van der Waals surface area contributed by atoms with Gasteiger partial charge in [-0.2, -0.15) is 0 Å². The van der Waals surface area contributed by atoms with Gasteiger partial charge in [0, 0.05) is 18.7 Å². The maximum atomic E-state index is 11.4. The Morgan fingerprint density at radius 2 is 2.04 bits per heavy atom. The normalized spacial score (nSPS) is 12.1. The number of amides is 1. The molecule has 0 aliphatic rings. The highest BCUT2D eigenvalue weighted by molar-refractivity contribution is 7.18.